The fourth-order valence-corrected chi connectivity index (χ4v) is 2.26. The van der Waals surface area contributed by atoms with E-state index in [1.165, 1.54) is 11.3 Å². The highest BCUT2D eigenvalue weighted by Crippen LogP contribution is 2.25. The second-order valence-electron chi connectivity index (χ2n) is 3.68. The molecule has 3 aromatic rings. The molecular formula is C12H8N4OS. The van der Waals surface area contributed by atoms with Gasteiger partial charge in [-0.15, -0.1) is 0 Å². The van der Waals surface area contributed by atoms with E-state index in [1.807, 2.05) is 25.1 Å². The van der Waals surface area contributed by atoms with Crippen LogP contribution in [0.3, 0.4) is 0 Å². The number of fused-ring (bicyclic) bond motifs is 1. The van der Waals surface area contributed by atoms with Crippen molar-refractivity contribution in [2.75, 3.05) is 5.32 Å². The van der Waals surface area contributed by atoms with Crippen LogP contribution in [0.5, 0.6) is 0 Å². The Bertz CT molecular complexity index is 753. The quantitative estimate of drug-likeness (QED) is 0.762. The number of aromatic nitrogens is 2. The lowest BCUT2D eigenvalue weighted by molar-refractivity contribution is 0.561. The molecule has 88 valence electrons. The number of hydrogen-bond donors (Lipinski definition) is 1. The van der Waals surface area contributed by atoms with Crippen molar-refractivity contribution in [1.29, 1.82) is 5.26 Å². The second kappa shape index (κ2) is 4.13. The van der Waals surface area contributed by atoms with Crippen LogP contribution in [-0.2, 0) is 0 Å². The average molecular weight is 256 g/mol. The van der Waals surface area contributed by atoms with Gasteiger partial charge in [0.1, 0.15) is 16.5 Å². The predicted octanol–water partition coefficient (Wildman–Crippen LogP) is 3.21. The van der Waals surface area contributed by atoms with Crippen LogP contribution in [0.25, 0.3) is 11.1 Å². The zero-order valence-electron chi connectivity index (χ0n) is 9.47. The highest BCUT2D eigenvalue weighted by atomic mass is 32.1. The molecule has 0 atom stereocenters. The molecule has 5 nitrogen and oxygen atoms in total. The summed E-state index contributed by atoms with van der Waals surface area (Å²) < 4.78 is 5.45. The van der Waals surface area contributed by atoms with Crippen LogP contribution < -0.4 is 5.32 Å². The number of thiazole rings is 1. The van der Waals surface area contributed by atoms with Gasteiger partial charge in [0.05, 0.1) is 6.20 Å². The first-order valence-corrected chi connectivity index (χ1v) is 6.06. The molecule has 3 rings (SSSR count). The molecule has 0 fully saturated rings. The summed E-state index contributed by atoms with van der Waals surface area (Å²) in [6.07, 6.45) is 1.55. The second-order valence-corrected chi connectivity index (χ2v) is 4.71. The monoisotopic (exact) mass is 256 g/mol. The fraction of sp³-hybridized carbons (Fsp3) is 0.0833. The zero-order valence-corrected chi connectivity index (χ0v) is 10.3. The summed E-state index contributed by atoms with van der Waals surface area (Å²) in [5.41, 5.74) is 2.42. The highest BCUT2D eigenvalue weighted by Gasteiger charge is 2.05. The summed E-state index contributed by atoms with van der Waals surface area (Å²) in [6, 6.07) is 7.70. The maximum absolute atomic E-state index is 8.73. The Morgan fingerprint density at radius 1 is 1.44 bits per heavy atom. The Morgan fingerprint density at radius 2 is 2.33 bits per heavy atom. The number of oxazole rings is 1. The lowest BCUT2D eigenvalue weighted by Crippen LogP contribution is -1.87. The highest BCUT2D eigenvalue weighted by molar-refractivity contribution is 7.16. The van der Waals surface area contributed by atoms with Gasteiger partial charge in [0.25, 0.3) is 0 Å². The van der Waals surface area contributed by atoms with E-state index in [4.69, 9.17) is 9.68 Å². The van der Waals surface area contributed by atoms with Crippen molar-refractivity contribution in [3.8, 4) is 6.07 Å². The molecule has 2 heterocycles. The molecule has 0 bridgehead atoms. The van der Waals surface area contributed by atoms with Gasteiger partial charge in [-0.3, -0.25) is 0 Å². The number of hydrogen-bond acceptors (Lipinski definition) is 6. The first-order valence-electron chi connectivity index (χ1n) is 5.25. The van der Waals surface area contributed by atoms with Gasteiger partial charge < -0.3 is 9.73 Å². The number of benzene rings is 1. The number of nitrogens with zero attached hydrogens (tertiary/aromatic N) is 3. The summed E-state index contributed by atoms with van der Waals surface area (Å²) in [5.74, 6) is 0.642. The fourth-order valence-electron chi connectivity index (χ4n) is 1.62. The first kappa shape index (κ1) is 10.7. The van der Waals surface area contributed by atoms with E-state index >= 15 is 0 Å². The van der Waals surface area contributed by atoms with Gasteiger partial charge in [-0.1, -0.05) is 11.3 Å². The van der Waals surface area contributed by atoms with E-state index in [9.17, 15) is 0 Å². The molecule has 0 spiro atoms. The third-order valence-corrected chi connectivity index (χ3v) is 3.18. The molecule has 0 saturated heterocycles. The molecule has 18 heavy (non-hydrogen) atoms. The maximum Gasteiger partial charge on any atom is 0.192 e. The molecule has 0 radical (unpaired) electrons. The van der Waals surface area contributed by atoms with Gasteiger partial charge >= 0.3 is 0 Å². The van der Waals surface area contributed by atoms with Crippen LogP contribution in [0.4, 0.5) is 10.8 Å². The smallest absolute Gasteiger partial charge is 0.192 e. The van der Waals surface area contributed by atoms with Crippen LogP contribution in [0, 0.1) is 18.3 Å². The van der Waals surface area contributed by atoms with E-state index in [1.54, 1.807) is 6.20 Å². The van der Waals surface area contributed by atoms with Crippen molar-refractivity contribution in [1.82, 2.24) is 9.97 Å². The van der Waals surface area contributed by atoms with E-state index in [-0.39, 0.29) is 0 Å². The minimum absolute atomic E-state index is 0.578. The molecule has 0 aliphatic heterocycles. The number of aryl methyl sites for hydroxylation is 1. The maximum atomic E-state index is 8.73. The minimum atomic E-state index is 0.578. The predicted molar refractivity (Wildman–Crippen MR) is 68.9 cm³/mol. The topological polar surface area (TPSA) is 74.7 Å². The number of nitriles is 1. The molecule has 0 saturated carbocycles. The van der Waals surface area contributed by atoms with E-state index in [2.05, 4.69) is 21.4 Å². The number of anilines is 2. The van der Waals surface area contributed by atoms with E-state index in [0.29, 0.717) is 15.9 Å². The summed E-state index contributed by atoms with van der Waals surface area (Å²) in [5, 5.41) is 12.5. The molecule has 0 aliphatic rings. The van der Waals surface area contributed by atoms with Gasteiger partial charge in [-0.25, -0.2) is 9.97 Å². The van der Waals surface area contributed by atoms with Gasteiger partial charge in [-0.2, -0.15) is 5.26 Å². The van der Waals surface area contributed by atoms with Gasteiger partial charge in [0.2, 0.25) is 0 Å². The van der Waals surface area contributed by atoms with Crippen LogP contribution in [0.1, 0.15) is 10.8 Å². The number of rotatable bonds is 2. The standard InChI is InChI=1S/C12H8N4OS/c1-7-15-10-3-2-8(4-11(10)17-7)16-12-14-6-9(5-13)18-12/h2-4,6H,1H3,(H,14,16). The molecule has 1 N–H and O–H groups in total. The Hall–Kier alpha value is -2.39. The Balaban J connectivity index is 1.92. The molecule has 0 aliphatic carbocycles. The van der Waals surface area contributed by atoms with Crippen LogP contribution in [-0.4, -0.2) is 9.97 Å². The average Bonchev–Trinajstić information content (AvgIpc) is 2.94. The SMILES string of the molecule is Cc1nc2ccc(Nc3ncc(C#N)s3)cc2o1. The number of nitrogens with one attached hydrogen (secondary N) is 1. The summed E-state index contributed by atoms with van der Waals surface area (Å²) in [4.78, 5) is 8.91. The lowest BCUT2D eigenvalue weighted by Gasteiger charge is -2.00. The van der Waals surface area contributed by atoms with Crippen LogP contribution in [0.2, 0.25) is 0 Å². The van der Waals surface area contributed by atoms with Gasteiger partial charge in [-0.05, 0) is 12.1 Å². The minimum Gasteiger partial charge on any atom is -0.441 e. The molecule has 1 aromatic carbocycles. The van der Waals surface area contributed by atoms with Crippen LogP contribution in [0.15, 0.2) is 28.8 Å². The van der Waals surface area contributed by atoms with E-state index < -0.39 is 0 Å². The Labute approximate surface area is 107 Å². The van der Waals surface area contributed by atoms with Gasteiger partial charge in [0, 0.05) is 18.7 Å². The van der Waals surface area contributed by atoms with Crippen molar-refractivity contribution >= 4 is 33.3 Å². The molecule has 2 aromatic heterocycles. The Kier molecular flexibility index (Phi) is 2.46. The van der Waals surface area contributed by atoms with Crippen molar-refractivity contribution in [3.05, 3.63) is 35.2 Å². The molecule has 6 heteroatoms. The normalized spacial score (nSPS) is 10.4. The van der Waals surface area contributed by atoms with Crippen molar-refractivity contribution < 1.29 is 4.42 Å². The summed E-state index contributed by atoms with van der Waals surface area (Å²) in [6.45, 7) is 1.81. The summed E-state index contributed by atoms with van der Waals surface area (Å²) >= 11 is 1.31. The summed E-state index contributed by atoms with van der Waals surface area (Å²) in [7, 11) is 0. The largest absolute Gasteiger partial charge is 0.441 e. The van der Waals surface area contributed by atoms with Crippen molar-refractivity contribution in [2.45, 2.75) is 6.92 Å². The zero-order chi connectivity index (χ0) is 12.5. The first-order chi connectivity index (χ1) is 8.74. The third-order valence-electron chi connectivity index (χ3n) is 2.36. The lowest BCUT2D eigenvalue weighted by atomic mass is 10.3. The van der Waals surface area contributed by atoms with E-state index in [0.717, 1.165) is 16.8 Å². The molecular weight excluding hydrogens is 248 g/mol. The van der Waals surface area contributed by atoms with Crippen molar-refractivity contribution in [3.63, 3.8) is 0 Å². The molecule has 0 unspecified atom stereocenters. The Morgan fingerprint density at radius 3 is 3.11 bits per heavy atom. The molecule has 0 amide bonds. The third kappa shape index (κ3) is 1.92. The van der Waals surface area contributed by atoms with Gasteiger partial charge in [0.15, 0.2) is 16.6 Å². The van der Waals surface area contributed by atoms with Crippen LogP contribution >= 0.6 is 11.3 Å². The van der Waals surface area contributed by atoms with Crippen molar-refractivity contribution in [2.24, 2.45) is 0 Å².